The first-order chi connectivity index (χ1) is 20.5. The molecule has 6 N–H and O–H groups in total. The molecule has 3 atom stereocenters. The Bertz CT molecular complexity index is 1340. The number of amides is 3. The molecule has 1 unspecified atom stereocenters. The highest BCUT2D eigenvalue weighted by molar-refractivity contribution is 6.03. The lowest BCUT2D eigenvalue weighted by atomic mass is 9.63. The summed E-state index contributed by atoms with van der Waals surface area (Å²) in [5.74, 6) is -2.57. The van der Waals surface area contributed by atoms with Crippen LogP contribution in [-0.4, -0.2) is 60.6 Å². The Kier molecular flexibility index (Phi) is 12.0. The molecule has 1 aliphatic carbocycles. The van der Waals surface area contributed by atoms with Crippen LogP contribution in [0.15, 0.2) is 71.8 Å². The standard InChI is InChI=1S/C33H43FN4O5/c1-4-13-38(14-5-2)31(41)25-17-24(30(35)40)18-33(19-25,32(36)42)28(16-22-9-11-26(34)12-10-22)29(39)21-37-20-23-7-6-8-27(15-23)43-3/h6-12,15,17-18,28-29,37,39H,4-5,13-14,16,19-21H2,1-3H3,(H2,35,40)(H2,36,42)/t28-,29+,33?/m1/s1. The zero-order chi connectivity index (χ0) is 31.6. The minimum atomic E-state index is -1.64. The number of rotatable bonds is 16. The summed E-state index contributed by atoms with van der Waals surface area (Å²) >= 11 is 0. The molecule has 0 saturated carbocycles. The molecule has 0 heterocycles. The van der Waals surface area contributed by atoms with Crippen molar-refractivity contribution in [2.24, 2.45) is 22.8 Å². The van der Waals surface area contributed by atoms with Gasteiger partial charge >= 0.3 is 0 Å². The Morgan fingerprint density at radius 2 is 1.74 bits per heavy atom. The molecule has 0 fully saturated rings. The number of nitrogens with zero attached hydrogens (tertiary/aromatic N) is 1. The Morgan fingerprint density at radius 1 is 1.07 bits per heavy atom. The predicted molar refractivity (Wildman–Crippen MR) is 163 cm³/mol. The molecule has 3 rings (SSSR count). The molecule has 0 aliphatic heterocycles. The van der Waals surface area contributed by atoms with Crippen LogP contribution >= 0.6 is 0 Å². The number of carbonyl (C=O) groups excluding carboxylic acids is 3. The highest BCUT2D eigenvalue weighted by Crippen LogP contribution is 2.44. The molecule has 0 bridgehead atoms. The summed E-state index contributed by atoms with van der Waals surface area (Å²) in [6, 6.07) is 13.2. The van der Waals surface area contributed by atoms with Crippen LogP contribution in [0.5, 0.6) is 5.75 Å². The Labute approximate surface area is 252 Å². The number of aliphatic hydroxyl groups is 1. The average molecular weight is 595 g/mol. The van der Waals surface area contributed by atoms with Gasteiger partial charge in [-0.05, 0) is 67.2 Å². The zero-order valence-corrected chi connectivity index (χ0v) is 25.1. The topological polar surface area (TPSA) is 148 Å². The monoisotopic (exact) mass is 594 g/mol. The van der Waals surface area contributed by atoms with Crippen LogP contribution in [0.2, 0.25) is 0 Å². The molecule has 0 spiro atoms. The van der Waals surface area contributed by atoms with Crippen molar-refractivity contribution in [2.75, 3.05) is 26.7 Å². The lowest BCUT2D eigenvalue weighted by molar-refractivity contribution is -0.132. The van der Waals surface area contributed by atoms with Crippen molar-refractivity contribution in [2.45, 2.75) is 52.2 Å². The number of aliphatic hydroxyl groups excluding tert-OH is 1. The summed E-state index contributed by atoms with van der Waals surface area (Å²) in [6.07, 6.45) is 3.10. The van der Waals surface area contributed by atoms with E-state index in [-0.39, 0.29) is 36.4 Å². The number of ether oxygens (including phenoxy) is 1. The largest absolute Gasteiger partial charge is 0.497 e. The summed E-state index contributed by atoms with van der Waals surface area (Å²) in [5.41, 5.74) is 11.9. The van der Waals surface area contributed by atoms with Crippen LogP contribution in [-0.2, 0) is 27.3 Å². The number of benzene rings is 2. The maximum atomic E-state index is 13.8. The maximum absolute atomic E-state index is 13.8. The van der Waals surface area contributed by atoms with Crippen molar-refractivity contribution < 1.29 is 28.6 Å². The van der Waals surface area contributed by atoms with E-state index in [4.69, 9.17) is 16.2 Å². The van der Waals surface area contributed by atoms with E-state index in [1.165, 1.54) is 24.3 Å². The number of nitrogens with one attached hydrogen (secondary N) is 1. The zero-order valence-electron chi connectivity index (χ0n) is 25.1. The molecule has 9 nitrogen and oxygen atoms in total. The second-order valence-electron chi connectivity index (χ2n) is 11.0. The summed E-state index contributed by atoms with van der Waals surface area (Å²) in [5, 5.41) is 14.9. The number of carbonyl (C=O) groups is 3. The van der Waals surface area contributed by atoms with Gasteiger partial charge in [-0.3, -0.25) is 14.4 Å². The molecule has 0 radical (unpaired) electrons. The van der Waals surface area contributed by atoms with Gasteiger partial charge < -0.3 is 31.5 Å². The van der Waals surface area contributed by atoms with Gasteiger partial charge in [-0.1, -0.05) is 44.2 Å². The molecule has 1 aliphatic rings. The van der Waals surface area contributed by atoms with Gasteiger partial charge in [0, 0.05) is 43.2 Å². The van der Waals surface area contributed by atoms with Gasteiger partial charge in [0.15, 0.2) is 0 Å². The SMILES string of the molecule is CCCN(CCC)C(=O)C1=CC(C(N)=O)=CC(C(N)=O)([C@H](Cc2ccc(F)cc2)[C@@H](O)CNCc2cccc(OC)c2)C1. The third kappa shape index (κ3) is 8.52. The van der Waals surface area contributed by atoms with Gasteiger partial charge in [0.1, 0.15) is 11.6 Å². The van der Waals surface area contributed by atoms with Crippen molar-refractivity contribution in [1.82, 2.24) is 10.2 Å². The van der Waals surface area contributed by atoms with Crippen LogP contribution in [0, 0.1) is 17.2 Å². The summed E-state index contributed by atoms with van der Waals surface area (Å²) in [7, 11) is 1.58. The molecule has 2 aromatic carbocycles. The van der Waals surface area contributed by atoms with Crippen LogP contribution in [0.4, 0.5) is 4.39 Å². The maximum Gasteiger partial charge on any atom is 0.249 e. The first-order valence-corrected chi connectivity index (χ1v) is 14.6. The highest BCUT2D eigenvalue weighted by atomic mass is 19.1. The third-order valence-corrected chi connectivity index (χ3v) is 7.83. The van der Waals surface area contributed by atoms with Crippen molar-refractivity contribution in [3.8, 4) is 5.75 Å². The Balaban J connectivity index is 2.02. The minimum absolute atomic E-state index is 0.0259. The van der Waals surface area contributed by atoms with Gasteiger partial charge in [-0.2, -0.15) is 0 Å². The molecule has 2 aromatic rings. The fraction of sp³-hybridized carbons (Fsp3) is 0.424. The van der Waals surface area contributed by atoms with Crippen molar-refractivity contribution in [3.05, 3.63) is 88.8 Å². The fourth-order valence-corrected chi connectivity index (χ4v) is 5.67. The molecule has 3 amide bonds. The predicted octanol–water partition coefficient (Wildman–Crippen LogP) is 3.01. The molecule has 0 aromatic heterocycles. The summed E-state index contributed by atoms with van der Waals surface area (Å²) < 4.78 is 19.0. The number of primary amides is 2. The third-order valence-electron chi connectivity index (χ3n) is 7.83. The Morgan fingerprint density at radius 3 is 2.33 bits per heavy atom. The number of methoxy groups -OCH3 is 1. The molecule has 43 heavy (non-hydrogen) atoms. The molecule has 232 valence electrons. The van der Waals surface area contributed by atoms with Gasteiger partial charge in [0.2, 0.25) is 17.7 Å². The van der Waals surface area contributed by atoms with E-state index >= 15 is 0 Å². The fourth-order valence-electron chi connectivity index (χ4n) is 5.67. The lowest BCUT2D eigenvalue weighted by Gasteiger charge is -2.42. The van der Waals surface area contributed by atoms with Crippen molar-refractivity contribution >= 4 is 17.7 Å². The number of nitrogens with two attached hydrogens (primary N) is 2. The minimum Gasteiger partial charge on any atom is -0.497 e. The van der Waals surface area contributed by atoms with Crippen molar-refractivity contribution in [3.63, 3.8) is 0 Å². The van der Waals surface area contributed by atoms with Crippen LogP contribution in [0.1, 0.15) is 44.2 Å². The van der Waals surface area contributed by atoms with E-state index < -0.39 is 35.1 Å². The van der Waals surface area contributed by atoms with Crippen molar-refractivity contribution in [1.29, 1.82) is 0 Å². The van der Waals surface area contributed by atoms with E-state index in [0.717, 1.165) is 18.4 Å². The summed E-state index contributed by atoms with van der Waals surface area (Å²) in [4.78, 5) is 41.4. The van der Waals surface area contributed by atoms with Crippen LogP contribution in [0.25, 0.3) is 0 Å². The normalized spacial score (nSPS) is 17.8. The molecule has 10 heteroatoms. The molecular formula is C33H43FN4O5. The van der Waals surface area contributed by atoms with E-state index in [1.54, 1.807) is 24.1 Å². The number of hydrogen-bond donors (Lipinski definition) is 4. The average Bonchev–Trinajstić information content (AvgIpc) is 2.99. The van der Waals surface area contributed by atoms with Gasteiger partial charge in [-0.25, -0.2) is 4.39 Å². The van der Waals surface area contributed by atoms with E-state index in [1.807, 2.05) is 38.1 Å². The van der Waals surface area contributed by atoms with Crippen LogP contribution in [0.3, 0.4) is 0 Å². The summed E-state index contributed by atoms with van der Waals surface area (Å²) in [6.45, 7) is 5.37. The lowest BCUT2D eigenvalue weighted by Crippen LogP contribution is -2.52. The smallest absolute Gasteiger partial charge is 0.249 e. The first kappa shape index (κ1) is 33.5. The van der Waals surface area contributed by atoms with E-state index in [9.17, 15) is 23.9 Å². The highest BCUT2D eigenvalue weighted by Gasteiger charge is 2.49. The quantitative estimate of drug-likeness (QED) is 0.235. The first-order valence-electron chi connectivity index (χ1n) is 14.6. The van der Waals surface area contributed by atoms with E-state index in [2.05, 4.69) is 5.32 Å². The molecule has 0 saturated heterocycles. The van der Waals surface area contributed by atoms with E-state index in [0.29, 0.717) is 30.9 Å². The molecular weight excluding hydrogens is 551 g/mol. The second kappa shape index (κ2) is 15.5. The van der Waals surface area contributed by atoms with Gasteiger partial charge in [0.25, 0.3) is 0 Å². The van der Waals surface area contributed by atoms with Gasteiger partial charge in [0.05, 0.1) is 18.6 Å². The number of hydrogen-bond acceptors (Lipinski definition) is 6. The van der Waals surface area contributed by atoms with Crippen LogP contribution < -0.4 is 21.5 Å². The number of halogens is 1. The van der Waals surface area contributed by atoms with Gasteiger partial charge in [-0.15, -0.1) is 0 Å². The Hall–Kier alpha value is -4.02. The second-order valence-corrected chi connectivity index (χ2v) is 11.0.